The first-order chi connectivity index (χ1) is 8.78. The normalized spacial score (nSPS) is 23.4. The summed E-state index contributed by atoms with van der Waals surface area (Å²) in [7, 11) is 0. The summed E-state index contributed by atoms with van der Waals surface area (Å²) in [6.45, 7) is 3.12. The maximum absolute atomic E-state index is 11.6. The third kappa shape index (κ3) is 1.95. The number of nitrogens with two attached hydrogens (primary N) is 1. The Morgan fingerprint density at radius 1 is 1.39 bits per heavy atom. The van der Waals surface area contributed by atoms with Crippen molar-refractivity contribution in [1.29, 1.82) is 0 Å². The van der Waals surface area contributed by atoms with Gasteiger partial charge in [0, 0.05) is 44.8 Å². The topological polar surface area (TPSA) is 62.5 Å². The number of anilines is 1. The predicted octanol–water partition coefficient (Wildman–Crippen LogP) is 0.351. The van der Waals surface area contributed by atoms with Gasteiger partial charge in [-0.1, -0.05) is 6.07 Å². The van der Waals surface area contributed by atoms with E-state index < -0.39 is 0 Å². The molecule has 2 fully saturated rings. The van der Waals surface area contributed by atoms with E-state index >= 15 is 0 Å². The molecule has 2 N–H and O–H groups in total. The van der Waals surface area contributed by atoms with Gasteiger partial charge in [0.2, 0.25) is 5.91 Å². The van der Waals surface area contributed by atoms with Crippen molar-refractivity contribution in [3.8, 4) is 0 Å². The summed E-state index contributed by atoms with van der Waals surface area (Å²) in [4.78, 5) is 20.3. The number of fused-ring (bicyclic) bond motifs is 1. The van der Waals surface area contributed by atoms with Crippen LogP contribution in [-0.2, 0) is 11.3 Å². The van der Waals surface area contributed by atoms with Gasteiger partial charge >= 0.3 is 0 Å². The molecule has 0 aliphatic carbocycles. The van der Waals surface area contributed by atoms with Gasteiger partial charge < -0.3 is 15.5 Å². The molecule has 2 aliphatic heterocycles. The summed E-state index contributed by atoms with van der Waals surface area (Å²) in [5, 5.41) is 0. The third-order valence-corrected chi connectivity index (χ3v) is 3.86. The molecule has 1 aromatic rings. The molecule has 2 saturated heterocycles. The van der Waals surface area contributed by atoms with E-state index in [1.165, 1.54) is 0 Å². The second-order valence-electron chi connectivity index (χ2n) is 4.95. The maximum Gasteiger partial charge on any atom is 0.223 e. The standard InChI is InChI=1S/C13H18N4O/c14-7-10-1-3-12(15-8-10)16-5-6-17-11(9-16)2-4-13(17)18/h1,3,8,11H,2,4-7,9,14H2. The molecule has 0 aromatic carbocycles. The van der Waals surface area contributed by atoms with Crippen LogP contribution in [0.5, 0.6) is 0 Å². The Morgan fingerprint density at radius 3 is 3.00 bits per heavy atom. The number of aromatic nitrogens is 1. The van der Waals surface area contributed by atoms with Gasteiger partial charge in [-0.05, 0) is 18.1 Å². The molecule has 1 unspecified atom stereocenters. The van der Waals surface area contributed by atoms with E-state index in [-0.39, 0.29) is 0 Å². The van der Waals surface area contributed by atoms with Crippen LogP contribution in [-0.4, -0.2) is 41.5 Å². The highest BCUT2D eigenvalue weighted by molar-refractivity contribution is 5.79. The lowest BCUT2D eigenvalue weighted by Crippen LogP contribution is -2.51. The summed E-state index contributed by atoms with van der Waals surface area (Å²) in [5.74, 6) is 1.30. The highest BCUT2D eigenvalue weighted by Gasteiger charge is 2.35. The lowest BCUT2D eigenvalue weighted by Gasteiger charge is -2.38. The third-order valence-electron chi connectivity index (χ3n) is 3.86. The van der Waals surface area contributed by atoms with Crippen molar-refractivity contribution in [2.75, 3.05) is 24.5 Å². The first kappa shape index (κ1) is 11.5. The van der Waals surface area contributed by atoms with E-state index in [0.29, 0.717) is 24.9 Å². The zero-order valence-electron chi connectivity index (χ0n) is 10.4. The van der Waals surface area contributed by atoms with Crippen LogP contribution in [0, 0.1) is 0 Å². The molecular weight excluding hydrogens is 228 g/mol. The van der Waals surface area contributed by atoms with Gasteiger partial charge in [0.15, 0.2) is 0 Å². The van der Waals surface area contributed by atoms with Crippen molar-refractivity contribution in [1.82, 2.24) is 9.88 Å². The zero-order valence-corrected chi connectivity index (χ0v) is 10.4. The molecule has 0 saturated carbocycles. The number of carbonyl (C=O) groups is 1. The van der Waals surface area contributed by atoms with E-state index in [1.54, 1.807) is 0 Å². The second-order valence-corrected chi connectivity index (χ2v) is 4.95. The molecule has 18 heavy (non-hydrogen) atoms. The summed E-state index contributed by atoms with van der Waals surface area (Å²) < 4.78 is 0. The number of hydrogen-bond acceptors (Lipinski definition) is 4. The number of amides is 1. The Balaban J connectivity index is 1.72. The van der Waals surface area contributed by atoms with Gasteiger partial charge in [-0.15, -0.1) is 0 Å². The maximum atomic E-state index is 11.6. The average Bonchev–Trinajstić information content (AvgIpc) is 2.80. The van der Waals surface area contributed by atoms with E-state index in [4.69, 9.17) is 5.73 Å². The number of rotatable bonds is 2. The molecule has 2 aliphatic rings. The summed E-state index contributed by atoms with van der Waals surface area (Å²) >= 11 is 0. The van der Waals surface area contributed by atoms with E-state index in [1.807, 2.05) is 23.2 Å². The van der Waals surface area contributed by atoms with Gasteiger partial charge in [0.1, 0.15) is 5.82 Å². The van der Waals surface area contributed by atoms with Crippen molar-refractivity contribution < 1.29 is 4.79 Å². The summed E-state index contributed by atoms with van der Waals surface area (Å²) in [6, 6.07) is 4.42. The SMILES string of the molecule is NCc1ccc(N2CCN3C(=O)CCC3C2)nc1. The van der Waals surface area contributed by atoms with Crippen LogP contribution in [0.15, 0.2) is 18.3 Å². The van der Waals surface area contributed by atoms with Gasteiger partial charge in [-0.2, -0.15) is 0 Å². The average molecular weight is 246 g/mol. The fourth-order valence-corrected chi connectivity index (χ4v) is 2.80. The number of hydrogen-bond donors (Lipinski definition) is 1. The molecule has 0 bridgehead atoms. The van der Waals surface area contributed by atoms with Crippen molar-refractivity contribution in [3.05, 3.63) is 23.9 Å². The van der Waals surface area contributed by atoms with Gasteiger partial charge in [0.05, 0.1) is 0 Å². The van der Waals surface area contributed by atoms with Gasteiger partial charge in [-0.25, -0.2) is 4.98 Å². The van der Waals surface area contributed by atoms with Crippen molar-refractivity contribution in [2.24, 2.45) is 5.73 Å². The zero-order chi connectivity index (χ0) is 12.5. The highest BCUT2D eigenvalue weighted by Crippen LogP contribution is 2.25. The monoisotopic (exact) mass is 246 g/mol. The van der Waals surface area contributed by atoms with Crippen LogP contribution in [0.3, 0.4) is 0 Å². The van der Waals surface area contributed by atoms with Gasteiger partial charge in [0.25, 0.3) is 0 Å². The highest BCUT2D eigenvalue weighted by atomic mass is 16.2. The Hall–Kier alpha value is -1.62. The van der Waals surface area contributed by atoms with Crippen LogP contribution in [0.4, 0.5) is 5.82 Å². The number of piperazine rings is 1. The smallest absolute Gasteiger partial charge is 0.223 e. The number of carbonyl (C=O) groups excluding carboxylic acids is 1. The van der Waals surface area contributed by atoms with Crippen LogP contribution >= 0.6 is 0 Å². The quantitative estimate of drug-likeness (QED) is 0.818. The van der Waals surface area contributed by atoms with Crippen LogP contribution in [0.2, 0.25) is 0 Å². The minimum absolute atomic E-state index is 0.311. The molecule has 5 nitrogen and oxygen atoms in total. The molecule has 3 rings (SSSR count). The molecule has 5 heteroatoms. The Bertz CT molecular complexity index is 445. The van der Waals surface area contributed by atoms with Crippen molar-refractivity contribution in [3.63, 3.8) is 0 Å². The van der Waals surface area contributed by atoms with E-state index in [0.717, 1.165) is 37.4 Å². The minimum atomic E-state index is 0.311. The first-order valence-corrected chi connectivity index (χ1v) is 6.47. The van der Waals surface area contributed by atoms with E-state index in [9.17, 15) is 4.79 Å². The lowest BCUT2D eigenvalue weighted by molar-refractivity contribution is -0.129. The Labute approximate surface area is 107 Å². The van der Waals surface area contributed by atoms with E-state index in [2.05, 4.69) is 9.88 Å². The molecule has 3 heterocycles. The second kappa shape index (κ2) is 4.57. The van der Waals surface area contributed by atoms with Gasteiger partial charge in [-0.3, -0.25) is 4.79 Å². The molecular formula is C13H18N4O. The molecule has 0 spiro atoms. The fourth-order valence-electron chi connectivity index (χ4n) is 2.80. The molecule has 1 amide bonds. The molecule has 1 atom stereocenters. The van der Waals surface area contributed by atoms with Crippen molar-refractivity contribution >= 4 is 11.7 Å². The molecule has 0 radical (unpaired) electrons. The van der Waals surface area contributed by atoms with Crippen molar-refractivity contribution in [2.45, 2.75) is 25.4 Å². The first-order valence-electron chi connectivity index (χ1n) is 6.47. The fraction of sp³-hybridized carbons (Fsp3) is 0.538. The van der Waals surface area contributed by atoms with Crippen LogP contribution in [0.1, 0.15) is 18.4 Å². The minimum Gasteiger partial charge on any atom is -0.353 e. The largest absolute Gasteiger partial charge is 0.353 e. The summed E-state index contributed by atoms with van der Waals surface area (Å²) in [5.41, 5.74) is 6.62. The van der Waals surface area contributed by atoms with Crippen LogP contribution in [0.25, 0.3) is 0 Å². The molecule has 96 valence electrons. The Morgan fingerprint density at radius 2 is 2.28 bits per heavy atom. The lowest BCUT2D eigenvalue weighted by atomic mass is 10.1. The number of pyridine rings is 1. The number of nitrogens with zero attached hydrogens (tertiary/aromatic N) is 3. The molecule has 1 aromatic heterocycles. The summed E-state index contributed by atoms with van der Waals surface area (Å²) in [6.07, 6.45) is 3.52. The van der Waals surface area contributed by atoms with Crippen LogP contribution < -0.4 is 10.6 Å². The predicted molar refractivity (Wildman–Crippen MR) is 69.1 cm³/mol. The Kier molecular flexibility index (Phi) is 2.91.